The number of hydrogen-bond acceptors (Lipinski definition) is 3. The van der Waals surface area contributed by atoms with Gasteiger partial charge < -0.3 is 8.85 Å². The lowest BCUT2D eigenvalue weighted by atomic mass is 10.1. The zero-order chi connectivity index (χ0) is 14.2. The van der Waals surface area contributed by atoms with E-state index in [2.05, 4.69) is 33.5 Å². The molecule has 1 aliphatic heterocycles. The zero-order valence-corrected chi connectivity index (χ0v) is 14.7. The lowest BCUT2D eigenvalue weighted by Crippen LogP contribution is -2.67. The van der Waals surface area contributed by atoms with Crippen LogP contribution in [0.25, 0.3) is 0 Å². The van der Waals surface area contributed by atoms with Crippen molar-refractivity contribution >= 4 is 21.6 Å². The van der Waals surface area contributed by atoms with Crippen molar-refractivity contribution in [2.45, 2.75) is 65.4 Å². The van der Waals surface area contributed by atoms with Crippen LogP contribution in [0.4, 0.5) is 0 Å². The van der Waals surface area contributed by atoms with Crippen molar-refractivity contribution in [3.05, 3.63) is 11.6 Å². The van der Waals surface area contributed by atoms with E-state index in [1.54, 1.807) is 0 Å². The number of carbonyl (C=O) groups excluding carboxylic acids is 1. The predicted molar refractivity (Wildman–Crippen MR) is 79.2 cm³/mol. The first-order valence-electron chi connectivity index (χ1n) is 6.59. The van der Waals surface area contributed by atoms with Gasteiger partial charge in [0.15, 0.2) is 0 Å². The summed E-state index contributed by atoms with van der Waals surface area (Å²) in [6.45, 7) is 14.5. The van der Waals surface area contributed by atoms with Gasteiger partial charge in [0.1, 0.15) is 0 Å². The molecule has 1 rings (SSSR count). The third-order valence-corrected chi connectivity index (χ3v) is 18.5. The van der Waals surface area contributed by atoms with Crippen LogP contribution < -0.4 is 0 Å². The first-order chi connectivity index (χ1) is 8.03. The van der Waals surface area contributed by atoms with Crippen molar-refractivity contribution in [2.75, 3.05) is 0 Å². The average molecular weight is 287 g/mol. The summed E-state index contributed by atoms with van der Waals surface area (Å²) in [5.74, 6) is -0.157. The van der Waals surface area contributed by atoms with E-state index < -0.39 is 15.7 Å². The lowest BCUT2D eigenvalue weighted by molar-refractivity contribution is -0.131. The molecule has 104 valence electrons. The Kier molecular flexibility index (Phi) is 4.30. The highest BCUT2D eigenvalue weighted by Crippen LogP contribution is 2.39. The van der Waals surface area contributed by atoms with Crippen molar-refractivity contribution < 1.29 is 13.6 Å². The summed E-state index contributed by atoms with van der Waals surface area (Å²) in [7, 11) is -4.00. The maximum Gasteiger partial charge on any atom is 0.319 e. The molecule has 18 heavy (non-hydrogen) atoms. The maximum atomic E-state index is 12.0. The Hall–Kier alpha value is -0.396. The summed E-state index contributed by atoms with van der Waals surface area (Å²) >= 11 is 0. The minimum Gasteiger partial charge on any atom is -0.516 e. The standard InChI is InChI=1S/C13H26O3Si2/c1-8-11(2)12(14)15-18(7)10-9-13(3,4)16-17(18,5)6/h8H,9-10H2,1-7H3. The highest BCUT2D eigenvalue weighted by molar-refractivity contribution is 7.36. The van der Waals surface area contributed by atoms with Crippen LogP contribution in [0.1, 0.15) is 34.1 Å². The molecule has 0 aliphatic carbocycles. The Balaban J connectivity index is 2.90. The molecule has 0 radical (unpaired) electrons. The molecule has 0 N–H and O–H groups in total. The predicted octanol–water partition coefficient (Wildman–Crippen LogP) is 3.55. The number of allylic oxidation sites excluding steroid dienone is 1. The fraction of sp³-hybridized carbons (Fsp3) is 0.769. The molecule has 0 bridgehead atoms. The minimum atomic E-state index is -2.07. The van der Waals surface area contributed by atoms with Crippen LogP contribution in [0.15, 0.2) is 11.6 Å². The molecular weight excluding hydrogens is 260 g/mol. The van der Waals surface area contributed by atoms with Crippen LogP contribution in [0, 0.1) is 0 Å². The molecule has 0 aromatic carbocycles. The smallest absolute Gasteiger partial charge is 0.319 e. The molecule has 0 spiro atoms. The molecule has 1 aliphatic rings. The molecule has 1 fully saturated rings. The van der Waals surface area contributed by atoms with Gasteiger partial charge in [-0.3, -0.25) is 0 Å². The van der Waals surface area contributed by atoms with Crippen LogP contribution in [0.2, 0.25) is 25.7 Å². The van der Waals surface area contributed by atoms with E-state index in [4.69, 9.17) is 8.85 Å². The van der Waals surface area contributed by atoms with Crippen LogP contribution in [-0.2, 0) is 13.6 Å². The van der Waals surface area contributed by atoms with E-state index in [0.29, 0.717) is 5.57 Å². The van der Waals surface area contributed by atoms with E-state index in [9.17, 15) is 4.79 Å². The van der Waals surface area contributed by atoms with Gasteiger partial charge in [0.2, 0.25) is 7.83 Å². The van der Waals surface area contributed by atoms with Gasteiger partial charge in [-0.05, 0) is 59.8 Å². The maximum absolute atomic E-state index is 12.0. The van der Waals surface area contributed by atoms with E-state index >= 15 is 0 Å². The summed E-state index contributed by atoms with van der Waals surface area (Å²) in [6.07, 6.45) is 2.79. The first kappa shape index (κ1) is 15.7. The quantitative estimate of drug-likeness (QED) is 0.575. The summed E-state index contributed by atoms with van der Waals surface area (Å²) in [5, 5.41) is 0. The Morgan fingerprint density at radius 1 is 1.33 bits per heavy atom. The van der Waals surface area contributed by atoms with E-state index in [0.717, 1.165) is 12.5 Å². The van der Waals surface area contributed by atoms with Gasteiger partial charge >= 0.3 is 5.97 Å². The van der Waals surface area contributed by atoms with Gasteiger partial charge in [-0.1, -0.05) is 6.08 Å². The van der Waals surface area contributed by atoms with Gasteiger partial charge in [-0.15, -0.1) is 0 Å². The van der Waals surface area contributed by atoms with Crippen LogP contribution >= 0.6 is 0 Å². The summed E-state index contributed by atoms with van der Waals surface area (Å²) in [4.78, 5) is 12.0. The van der Waals surface area contributed by atoms with Crippen LogP contribution in [-0.4, -0.2) is 27.2 Å². The Morgan fingerprint density at radius 3 is 2.33 bits per heavy atom. The third-order valence-electron chi connectivity index (χ3n) is 4.08. The fourth-order valence-corrected chi connectivity index (χ4v) is 11.2. The second kappa shape index (κ2) is 4.94. The normalized spacial score (nSPS) is 30.9. The minimum absolute atomic E-state index is 0.0652. The summed E-state index contributed by atoms with van der Waals surface area (Å²) in [6, 6.07) is 1.02. The van der Waals surface area contributed by atoms with Gasteiger partial charge in [0.05, 0.1) is 5.60 Å². The van der Waals surface area contributed by atoms with Gasteiger partial charge in [-0.25, -0.2) is 4.79 Å². The highest BCUT2D eigenvalue weighted by Gasteiger charge is 2.57. The molecule has 3 nitrogen and oxygen atoms in total. The Morgan fingerprint density at radius 2 is 1.89 bits per heavy atom. The summed E-state index contributed by atoms with van der Waals surface area (Å²) in [5.41, 5.74) is 0.628. The van der Waals surface area contributed by atoms with Gasteiger partial charge in [0.25, 0.3) is 7.83 Å². The zero-order valence-electron chi connectivity index (χ0n) is 12.7. The molecular formula is C13H26O3Si2. The monoisotopic (exact) mass is 286 g/mol. The molecule has 1 heterocycles. The number of hydrogen-bond donors (Lipinski definition) is 0. The average Bonchev–Trinajstić information content (AvgIpc) is 2.22. The second-order valence-electron chi connectivity index (χ2n) is 6.46. The van der Waals surface area contributed by atoms with Crippen molar-refractivity contribution in [3.63, 3.8) is 0 Å². The molecule has 0 aromatic heterocycles. The molecule has 1 atom stereocenters. The topological polar surface area (TPSA) is 35.5 Å². The first-order valence-corrected chi connectivity index (χ1v) is 13.1. The molecule has 0 amide bonds. The highest BCUT2D eigenvalue weighted by atomic mass is 29.3. The number of rotatable bonds is 2. The Bertz CT molecular complexity index is 374. The van der Waals surface area contributed by atoms with E-state index in [1.807, 2.05) is 19.9 Å². The van der Waals surface area contributed by atoms with Crippen LogP contribution in [0.5, 0.6) is 0 Å². The van der Waals surface area contributed by atoms with Crippen molar-refractivity contribution in [1.29, 1.82) is 0 Å². The molecule has 0 saturated carbocycles. The van der Waals surface area contributed by atoms with E-state index in [-0.39, 0.29) is 11.6 Å². The van der Waals surface area contributed by atoms with E-state index in [1.165, 1.54) is 0 Å². The molecule has 0 aromatic rings. The molecule has 1 saturated heterocycles. The number of carbonyl (C=O) groups is 1. The van der Waals surface area contributed by atoms with Crippen molar-refractivity contribution in [1.82, 2.24) is 0 Å². The molecule has 5 heteroatoms. The van der Waals surface area contributed by atoms with Gasteiger partial charge in [0, 0.05) is 5.57 Å². The van der Waals surface area contributed by atoms with Gasteiger partial charge in [-0.2, -0.15) is 0 Å². The Labute approximate surface area is 113 Å². The summed E-state index contributed by atoms with van der Waals surface area (Å²) < 4.78 is 12.2. The third kappa shape index (κ3) is 3.13. The second-order valence-corrected chi connectivity index (χ2v) is 19.6. The van der Waals surface area contributed by atoms with Crippen molar-refractivity contribution in [3.8, 4) is 0 Å². The lowest BCUT2D eigenvalue weighted by Gasteiger charge is -2.49. The molecule has 1 unspecified atom stereocenters. The largest absolute Gasteiger partial charge is 0.516 e. The van der Waals surface area contributed by atoms with Crippen molar-refractivity contribution in [2.24, 2.45) is 0 Å². The SMILES string of the molecule is CC=C(C)C(=O)O[Si]1(C)CCC(C)(C)O[Si]1(C)C. The fourth-order valence-electron chi connectivity index (χ4n) is 2.27. The van der Waals surface area contributed by atoms with Crippen LogP contribution in [0.3, 0.4) is 0 Å².